The molecule has 4 nitrogen and oxygen atoms in total. The van der Waals surface area contributed by atoms with Gasteiger partial charge in [-0.2, -0.15) is 11.8 Å². The first-order valence-corrected chi connectivity index (χ1v) is 10.9. The number of nitrogens with zero attached hydrogens (tertiary/aromatic N) is 2. The van der Waals surface area contributed by atoms with Crippen molar-refractivity contribution in [2.75, 3.05) is 38.7 Å². The summed E-state index contributed by atoms with van der Waals surface area (Å²) in [5, 5.41) is 6.96. The van der Waals surface area contributed by atoms with Gasteiger partial charge in [0.05, 0.1) is 0 Å². The number of fused-ring (bicyclic) bond motifs is 1. The molecule has 0 fully saturated rings. The number of benzene rings is 1. The van der Waals surface area contributed by atoms with Crippen LogP contribution < -0.4 is 10.6 Å². The fraction of sp³-hybridized carbons (Fsp3) is 0.650. The van der Waals surface area contributed by atoms with Crippen molar-refractivity contribution in [1.82, 2.24) is 15.5 Å². The molecule has 1 aromatic carbocycles. The van der Waals surface area contributed by atoms with Crippen LogP contribution >= 0.6 is 35.7 Å². The average molecular weight is 490 g/mol. The van der Waals surface area contributed by atoms with Gasteiger partial charge in [0.1, 0.15) is 0 Å². The third kappa shape index (κ3) is 7.64. The molecule has 1 unspecified atom stereocenters. The van der Waals surface area contributed by atoms with E-state index in [-0.39, 0.29) is 24.0 Å². The van der Waals surface area contributed by atoms with E-state index >= 15 is 0 Å². The maximum absolute atomic E-state index is 4.36. The molecule has 2 N–H and O–H groups in total. The summed E-state index contributed by atoms with van der Waals surface area (Å²) in [6, 6.07) is 9.40. The maximum Gasteiger partial charge on any atom is 0.191 e. The van der Waals surface area contributed by atoms with Gasteiger partial charge in [0.25, 0.3) is 0 Å². The van der Waals surface area contributed by atoms with E-state index in [1.54, 1.807) is 0 Å². The maximum atomic E-state index is 4.36. The molecule has 1 aromatic rings. The van der Waals surface area contributed by atoms with Crippen LogP contribution in [0.4, 0.5) is 0 Å². The fourth-order valence-electron chi connectivity index (χ4n) is 3.37. The summed E-state index contributed by atoms with van der Waals surface area (Å²) >= 11 is 1.92. The summed E-state index contributed by atoms with van der Waals surface area (Å²) < 4.78 is 0. The molecule has 0 saturated heterocycles. The number of thioether (sulfide) groups is 1. The standard InChI is InChI=1S/C20H34N4S.HI/c1-4-19(15-23-20(21-2)22-12-7-8-14-25-3)24-13-11-17-9-5-6-10-18(17)16-24;/h5-6,9-10,19H,4,7-8,11-16H2,1-3H3,(H2,21,22,23);1H. The lowest BCUT2D eigenvalue weighted by molar-refractivity contribution is 0.174. The van der Waals surface area contributed by atoms with Crippen molar-refractivity contribution in [1.29, 1.82) is 0 Å². The van der Waals surface area contributed by atoms with Gasteiger partial charge in [0, 0.05) is 39.3 Å². The van der Waals surface area contributed by atoms with Gasteiger partial charge < -0.3 is 10.6 Å². The molecule has 26 heavy (non-hydrogen) atoms. The second kappa shape index (κ2) is 13.7. The van der Waals surface area contributed by atoms with Crippen molar-refractivity contribution in [2.45, 2.75) is 45.2 Å². The largest absolute Gasteiger partial charge is 0.356 e. The minimum atomic E-state index is 0. The van der Waals surface area contributed by atoms with Crippen molar-refractivity contribution in [3.63, 3.8) is 0 Å². The number of aliphatic imine (C=N–C) groups is 1. The molecule has 1 aliphatic heterocycles. The monoisotopic (exact) mass is 490 g/mol. The molecule has 1 aliphatic rings. The minimum absolute atomic E-state index is 0. The molecular weight excluding hydrogens is 455 g/mol. The van der Waals surface area contributed by atoms with E-state index in [1.807, 2.05) is 18.8 Å². The molecule has 0 aliphatic carbocycles. The van der Waals surface area contributed by atoms with Gasteiger partial charge in [-0.1, -0.05) is 31.2 Å². The van der Waals surface area contributed by atoms with Crippen LogP contribution in [0.2, 0.25) is 0 Å². The minimum Gasteiger partial charge on any atom is -0.356 e. The van der Waals surface area contributed by atoms with Crippen LogP contribution in [0.25, 0.3) is 0 Å². The van der Waals surface area contributed by atoms with E-state index in [0.29, 0.717) is 6.04 Å². The SMILES string of the molecule is CCC(CNC(=NC)NCCCCSC)N1CCc2ccccc2C1.I. The molecular formula is C20H35IN4S. The van der Waals surface area contributed by atoms with Crippen LogP contribution in [0.15, 0.2) is 29.3 Å². The first-order valence-electron chi connectivity index (χ1n) is 9.52. The average Bonchev–Trinajstić information content (AvgIpc) is 2.66. The van der Waals surface area contributed by atoms with Crippen molar-refractivity contribution in [2.24, 2.45) is 4.99 Å². The lowest BCUT2D eigenvalue weighted by atomic mass is 9.98. The molecule has 0 aromatic heterocycles. The van der Waals surface area contributed by atoms with Crippen LogP contribution in [0.1, 0.15) is 37.3 Å². The van der Waals surface area contributed by atoms with Gasteiger partial charge >= 0.3 is 0 Å². The molecule has 0 spiro atoms. The lowest BCUT2D eigenvalue weighted by Gasteiger charge is -2.35. The second-order valence-corrected chi connectivity index (χ2v) is 7.62. The number of rotatable bonds is 9. The van der Waals surface area contributed by atoms with E-state index in [0.717, 1.165) is 45.0 Å². The first kappa shape index (κ1) is 23.6. The Bertz CT molecular complexity index is 538. The summed E-state index contributed by atoms with van der Waals surface area (Å²) in [6.07, 6.45) is 6.93. The predicted octanol–water partition coefficient (Wildman–Crippen LogP) is 3.75. The molecule has 6 heteroatoms. The molecule has 0 amide bonds. The Labute approximate surface area is 181 Å². The zero-order valence-electron chi connectivity index (χ0n) is 16.5. The molecule has 148 valence electrons. The van der Waals surface area contributed by atoms with E-state index in [1.165, 1.54) is 29.7 Å². The molecule has 1 atom stereocenters. The topological polar surface area (TPSA) is 39.7 Å². The van der Waals surface area contributed by atoms with Crippen molar-refractivity contribution < 1.29 is 0 Å². The molecule has 2 rings (SSSR count). The Morgan fingerprint density at radius 3 is 2.69 bits per heavy atom. The molecule has 1 heterocycles. The number of hydrogen-bond acceptors (Lipinski definition) is 3. The van der Waals surface area contributed by atoms with E-state index in [9.17, 15) is 0 Å². The number of nitrogens with one attached hydrogen (secondary N) is 2. The highest BCUT2D eigenvalue weighted by molar-refractivity contribution is 14.0. The highest BCUT2D eigenvalue weighted by Crippen LogP contribution is 2.21. The molecule has 0 radical (unpaired) electrons. The fourth-order valence-corrected chi connectivity index (χ4v) is 3.87. The smallest absolute Gasteiger partial charge is 0.191 e. The Balaban J connectivity index is 0.00000338. The second-order valence-electron chi connectivity index (χ2n) is 6.63. The predicted molar refractivity (Wildman–Crippen MR) is 127 cm³/mol. The lowest BCUT2D eigenvalue weighted by Crippen LogP contribution is -2.48. The van der Waals surface area contributed by atoms with Gasteiger partial charge in [-0.25, -0.2) is 0 Å². The molecule has 0 saturated carbocycles. The van der Waals surface area contributed by atoms with Crippen molar-refractivity contribution in [3.05, 3.63) is 35.4 Å². The summed E-state index contributed by atoms with van der Waals surface area (Å²) in [5.74, 6) is 2.17. The van der Waals surface area contributed by atoms with Crippen molar-refractivity contribution in [3.8, 4) is 0 Å². The van der Waals surface area contributed by atoms with Gasteiger partial charge in [-0.3, -0.25) is 9.89 Å². The van der Waals surface area contributed by atoms with Crippen LogP contribution in [0.5, 0.6) is 0 Å². The van der Waals surface area contributed by atoms with E-state index in [2.05, 4.69) is 58.0 Å². The van der Waals surface area contributed by atoms with Gasteiger partial charge in [0.15, 0.2) is 5.96 Å². The van der Waals surface area contributed by atoms with Crippen LogP contribution in [0, 0.1) is 0 Å². The summed E-state index contributed by atoms with van der Waals surface area (Å²) in [7, 11) is 1.86. The Morgan fingerprint density at radius 1 is 1.23 bits per heavy atom. The van der Waals surface area contributed by atoms with Crippen LogP contribution in [0.3, 0.4) is 0 Å². The van der Waals surface area contributed by atoms with Crippen molar-refractivity contribution >= 4 is 41.7 Å². The Morgan fingerprint density at radius 2 is 2.00 bits per heavy atom. The quantitative estimate of drug-likeness (QED) is 0.240. The van der Waals surface area contributed by atoms with Gasteiger partial charge in [-0.15, -0.1) is 24.0 Å². The Kier molecular flexibility index (Phi) is 12.4. The highest BCUT2D eigenvalue weighted by atomic mass is 127. The highest BCUT2D eigenvalue weighted by Gasteiger charge is 2.22. The third-order valence-corrected chi connectivity index (χ3v) is 5.64. The number of halogens is 1. The first-order chi connectivity index (χ1) is 12.3. The third-order valence-electron chi connectivity index (χ3n) is 4.94. The number of hydrogen-bond donors (Lipinski definition) is 2. The normalized spacial score (nSPS) is 15.7. The number of guanidine groups is 1. The summed E-state index contributed by atoms with van der Waals surface area (Å²) in [4.78, 5) is 6.98. The van der Waals surface area contributed by atoms with Crippen LogP contribution in [-0.4, -0.2) is 55.6 Å². The zero-order valence-corrected chi connectivity index (χ0v) is 19.6. The van der Waals surface area contributed by atoms with E-state index in [4.69, 9.17) is 0 Å². The van der Waals surface area contributed by atoms with Gasteiger partial charge in [-0.05, 0) is 48.8 Å². The van der Waals surface area contributed by atoms with Crippen LogP contribution in [-0.2, 0) is 13.0 Å². The summed E-state index contributed by atoms with van der Waals surface area (Å²) in [6.45, 7) is 6.44. The zero-order chi connectivity index (χ0) is 17.9. The summed E-state index contributed by atoms with van der Waals surface area (Å²) in [5.41, 5.74) is 3.01. The van der Waals surface area contributed by atoms with E-state index < -0.39 is 0 Å². The molecule has 0 bridgehead atoms. The Hall–Kier alpha value is -0.470. The number of unbranched alkanes of at least 4 members (excludes halogenated alkanes) is 1. The van der Waals surface area contributed by atoms with Gasteiger partial charge in [0.2, 0.25) is 0 Å².